The molecule has 0 amide bonds. The van der Waals surface area contributed by atoms with E-state index in [-0.39, 0.29) is 0 Å². The molecule has 2 unspecified atom stereocenters. The minimum Gasteiger partial charge on any atom is -0.357 e. The number of likely N-dealkylation sites (N-methyl/N-ethyl adjacent to an activating group) is 1. The van der Waals surface area contributed by atoms with Crippen molar-refractivity contribution >= 4 is 5.84 Å². The third-order valence-corrected chi connectivity index (χ3v) is 3.25. The van der Waals surface area contributed by atoms with Gasteiger partial charge >= 0.3 is 0 Å². The zero-order valence-corrected chi connectivity index (χ0v) is 10.0. The largest absolute Gasteiger partial charge is 0.357 e. The SMILES string of the molecule is CC(C)C(=N)N1CC(C)N(C)C(C)C1. The Morgan fingerprint density at radius 1 is 1.21 bits per heavy atom. The van der Waals surface area contributed by atoms with Crippen molar-refractivity contribution in [2.75, 3.05) is 20.1 Å². The van der Waals surface area contributed by atoms with Gasteiger partial charge in [-0.05, 0) is 20.9 Å². The van der Waals surface area contributed by atoms with Crippen molar-refractivity contribution in [3.8, 4) is 0 Å². The van der Waals surface area contributed by atoms with Crippen molar-refractivity contribution in [1.82, 2.24) is 9.80 Å². The lowest BCUT2D eigenvalue weighted by atomic mass is 10.1. The van der Waals surface area contributed by atoms with Crippen LogP contribution in [0.15, 0.2) is 0 Å². The van der Waals surface area contributed by atoms with Gasteiger partial charge in [-0.15, -0.1) is 0 Å². The summed E-state index contributed by atoms with van der Waals surface area (Å²) in [5.41, 5.74) is 0. The van der Waals surface area contributed by atoms with Crippen molar-refractivity contribution in [3.63, 3.8) is 0 Å². The topological polar surface area (TPSA) is 30.3 Å². The van der Waals surface area contributed by atoms with Crippen LogP contribution in [0.1, 0.15) is 27.7 Å². The molecule has 0 aromatic rings. The zero-order chi connectivity index (χ0) is 10.9. The smallest absolute Gasteiger partial charge is 0.0984 e. The van der Waals surface area contributed by atoms with E-state index in [0.29, 0.717) is 18.0 Å². The second-order valence-corrected chi connectivity index (χ2v) is 4.81. The maximum atomic E-state index is 7.99. The van der Waals surface area contributed by atoms with Crippen LogP contribution in [0.5, 0.6) is 0 Å². The van der Waals surface area contributed by atoms with Crippen molar-refractivity contribution in [3.05, 3.63) is 0 Å². The van der Waals surface area contributed by atoms with E-state index >= 15 is 0 Å². The highest BCUT2D eigenvalue weighted by molar-refractivity contribution is 5.81. The molecule has 1 N–H and O–H groups in total. The highest BCUT2D eigenvalue weighted by Gasteiger charge is 2.28. The molecule has 0 aromatic heterocycles. The van der Waals surface area contributed by atoms with Gasteiger partial charge in [0.15, 0.2) is 0 Å². The maximum absolute atomic E-state index is 7.99. The highest BCUT2D eigenvalue weighted by Crippen LogP contribution is 2.15. The summed E-state index contributed by atoms with van der Waals surface area (Å²) >= 11 is 0. The Bertz CT molecular complexity index is 201. The molecule has 0 spiro atoms. The van der Waals surface area contributed by atoms with Gasteiger partial charge in [0.2, 0.25) is 0 Å². The van der Waals surface area contributed by atoms with Crippen LogP contribution in [0.4, 0.5) is 0 Å². The lowest BCUT2D eigenvalue weighted by molar-refractivity contribution is 0.0959. The molecule has 0 aromatic carbocycles. The first-order chi connectivity index (χ1) is 6.43. The molecule has 1 aliphatic rings. The summed E-state index contributed by atoms with van der Waals surface area (Å²) in [4.78, 5) is 4.62. The van der Waals surface area contributed by atoms with Crippen LogP contribution in [0.2, 0.25) is 0 Å². The van der Waals surface area contributed by atoms with Crippen LogP contribution in [0.25, 0.3) is 0 Å². The molecule has 0 saturated carbocycles. The van der Waals surface area contributed by atoms with Gasteiger partial charge in [0.25, 0.3) is 0 Å². The number of piperazine rings is 1. The second kappa shape index (κ2) is 4.30. The molecule has 3 heteroatoms. The first kappa shape index (κ1) is 11.5. The molecular weight excluding hydrogens is 174 g/mol. The molecule has 3 nitrogen and oxygen atoms in total. The number of rotatable bonds is 1. The second-order valence-electron chi connectivity index (χ2n) is 4.81. The molecule has 0 radical (unpaired) electrons. The molecule has 0 bridgehead atoms. The molecular formula is C11H23N3. The van der Waals surface area contributed by atoms with Gasteiger partial charge < -0.3 is 4.90 Å². The summed E-state index contributed by atoms with van der Waals surface area (Å²) in [6, 6.07) is 1.11. The van der Waals surface area contributed by atoms with Gasteiger partial charge in [-0.2, -0.15) is 0 Å². The lowest BCUT2D eigenvalue weighted by Gasteiger charge is -2.44. The van der Waals surface area contributed by atoms with Crippen LogP contribution in [-0.2, 0) is 0 Å². The van der Waals surface area contributed by atoms with Gasteiger partial charge in [-0.25, -0.2) is 0 Å². The number of nitrogens with zero attached hydrogens (tertiary/aromatic N) is 2. The Balaban J connectivity index is 2.62. The van der Waals surface area contributed by atoms with E-state index in [0.717, 1.165) is 18.9 Å². The number of nitrogens with one attached hydrogen (secondary N) is 1. The number of hydrogen-bond donors (Lipinski definition) is 1. The Kier molecular flexibility index (Phi) is 3.53. The van der Waals surface area contributed by atoms with Gasteiger partial charge in [0.1, 0.15) is 0 Å². The first-order valence-corrected chi connectivity index (χ1v) is 5.48. The maximum Gasteiger partial charge on any atom is 0.0984 e. The highest BCUT2D eigenvalue weighted by atomic mass is 15.3. The lowest BCUT2D eigenvalue weighted by Crippen LogP contribution is -2.57. The summed E-state index contributed by atoms with van der Waals surface area (Å²) in [7, 11) is 2.17. The monoisotopic (exact) mass is 197 g/mol. The number of amidine groups is 1. The van der Waals surface area contributed by atoms with Gasteiger partial charge in [-0.1, -0.05) is 13.8 Å². The number of hydrogen-bond acceptors (Lipinski definition) is 2. The molecule has 0 aliphatic carbocycles. The Morgan fingerprint density at radius 2 is 1.64 bits per heavy atom. The van der Waals surface area contributed by atoms with Crippen molar-refractivity contribution in [2.24, 2.45) is 5.92 Å². The van der Waals surface area contributed by atoms with Crippen molar-refractivity contribution < 1.29 is 0 Å². The minimum atomic E-state index is 0.345. The summed E-state index contributed by atoms with van der Waals surface area (Å²) in [5.74, 6) is 1.13. The molecule has 1 saturated heterocycles. The van der Waals surface area contributed by atoms with Crippen LogP contribution < -0.4 is 0 Å². The van der Waals surface area contributed by atoms with E-state index in [2.05, 4.69) is 44.5 Å². The minimum absolute atomic E-state index is 0.345. The van der Waals surface area contributed by atoms with Crippen LogP contribution in [-0.4, -0.2) is 47.9 Å². The molecule has 1 aliphatic heterocycles. The van der Waals surface area contributed by atoms with E-state index in [9.17, 15) is 0 Å². The fourth-order valence-electron chi connectivity index (χ4n) is 1.97. The van der Waals surface area contributed by atoms with E-state index in [1.165, 1.54) is 0 Å². The third kappa shape index (κ3) is 2.27. The summed E-state index contributed by atoms with van der Waals surface area (Å²) in [6.45, 7) is 10.6. The molecule has 2 atom stereocenters. The molecule has 14 heavy (non-hydrogen) atoms. The average molecular weight is 197 g/mol. The van der Waals surface area contributed by atoms with Gasteiger partial charge in [0.05, 0.1) is 5.84 Å². The Morgan fingerprint density at radius 3 is 2.00 bits per heavy atom. The van der Waals surface area contributed by atoms with E-state index in [4.69, 9.17) is 5.41 Å². The Labute approximate surface area is 87.6 Å². The third-order valence-electron chi connectivity index (χ3n) is 3.25. The van der Waals surface area contributed by atoms with E-state index in [1.807, 2.05) is 0 Å². The molecule has 82 valence electrons. The fourth-order valence-corrected chi connectivity index (χ4v) is 1.97. The predicted molar refractivity (Wildman–Crippen MR) is 60.8 cm³/mol. The standard InChI is InChI=1S/C11H23N3/c1-8(2)11(12)14-6-9(3)13(5)10(4)7-14/h8-10,12H,6-7H2,1-5H3. The molecule has 1 fully saturated rings. The summed E-state index contributed by atoms with van der Waals surface area (Å²) in [5, 5.41) is 7.99. The summed E-state index contributed by atoms with van der Waals surface area (Å²) in [6.07, 6.45) is 0. The van der Waals surface area contributed by atoms with E-state index < -0.39 is 0 Å². The average Bonchev–Trinajstić information content (AvgIpc) is 2.12. The van der Waals surface area contributed by atoms with Gasteiger partial charge in [0, 0.05) is 31.1 Å². The fraction of sp³-hybridized carbons (Fsp3) is 0.909. The van der Waals surface area contributed by atoms with Crippen LogP contribution in [0.3, 0.4) is 0 Å². The summed E-state index contributed by atoms with van der Waals surface area (Å²) < 4.78 is 0. The molecule has 1 heterocycles. The van der Waals surface area contributed by atoms with Crippen LogP contribution in [0, 0.1) is 11.3 Å². The zero-order valence-electron chi connectivity index (χ0n) is 10.0. The molecule has 1 rings (SSSR count). The van der Waals surface area contributed by atoms with Crippen molar-refractivity contribution in [1.29, 1.82) is 5.41 Å². The first-order valence-electron chi connectivity index (χ1n) is 5.48. The normalized spacial score (nSPS) is 29.7. The van der Waals surface area contributed by atoms with Gasteiger partial charge in [-0.3, -0.25) is 10.3 Å². The predicted octanol–water partition coefficient (Wildman–Crippen LogP) is 1.64. The van der Waals surface area contributed by atoms with Crippen molar-refractivity contribution in [2.45, 2.75) is 39.8 Å². The van der Waals surface area contributed by atoms with E-state index in [1.54, 1.807) is 0 Å². The van der Waals surface area contributed by atoms with Crippen LogP contribution >= 0.6 is 0 Å². The quantitative estimate of drug-likeness (QED) is 0.512. The Hall–Kier alpha value is -0.570.